The number of hydrogen-bond acceptors (Lipinski definition) is 5. The molecule has 3 heterocycles. The van der Waals surface area contributed by atoms with E-state index in [0.29, 0.717) is 36.8 Å². The van der Waals surface area contributed by atoms with Crippen molar-refractivity contribution in [3.63, 3.8) is 0 Å². The van der Waals surface area contributed by atoms with E-state index in [1.54, 1.807) is 13.8 Å². The molecular formula is C20H26N4O3. The number of ether oxygens (including phenoxy) is 1. The lowest BCUT2D eigenvalue weighted by Gasteiger charge is -2.32. The van der Waals surface area contributed by atoms with Gasteiger partial charge in [-0.2, -0.15) is 0 Å². The van der Waals surface area contributed by atoms with Crippen molar-refractivity contribution in [3.8, 4) is 5.88 Å². The normalized spacial score (nSPS) is 17.0. The minimum absolute atomic E-state index is 0.0277. The van der Waals surface area contributed by atoms with Gasteiger partial charge in [0.05, 0.1) is 12.9 Å². The van der Waals surface area contributed by atoms with Crippen LogP contribution in [0.4, 0.5) is 0 Å². The molecule has 3 rings (SSSR count). The van der Waals surface area contributed by atoms with Gasteiger partial charge < -0.3 is 9.64 Å². The average molecular weight is 370 g/mol. The first-order chi connectivity index (χ1) is 12.9. The molecule has 0 aliphatic carbocycles. The van der Waals surface area contributed by atoms with E-state index in [4.69, 9.17) is 4.74 Å². The molecule has 144 valence electrons. The van der Waals surface area contributed by atoms with E-state index in [1.165, 1.54) is 10.9 Å². The molecule has 7 heteroatoms. The Hall–Kier alpha value is -2.70. The highest BCUT2D eigenvalue weighted by Crippen LogP contribution is 2.18. The van der Waals surface area contributed by atoms with Crippen molar-refractivity contribution >= 4 is 5.91 Å². The topological polar surface area (TPSA) is 77.3 Å². The predicted molar refractivity (Wildman–Crippen MR) is 102 cm³/mol. The van der Waals surface area contributed by atoms with Crippen molar-refractivity contribution in [2.45, 2.75) is 40.2 Å². The summed E-state index contributed by atoms with van der Waals surface area (Å²) in [5.41, 5.74) is 2.04. The number of likely N-dealkylation sites (tertiary alicyclic amines) is 1. The summed E-state index contributed by atoms with van der Waals surface area (Å²) in [4.78, 5) is 35.3. The second-order valence-corrected chi connectivity index (χ2v) is 7.16. The van der Waals surface area contributed by atoms with Crippen LogP contribution >= 0.6 is 0 Å². The first-order valence-electron chi connectivity index (χ1n) is 9.31. The molecule has 1 atom stereocenters. The molecule has 0 radical (unpaired) electrons. The van der Waals surface area contributed by atoms with Crippen molar-refractivity contribution in [3.05, 3.63) is 51.8 Å². The van der Waals surface area contributed by atoms with Gasteiger partial charge in [-0.25, -0.2) is 9.97 Å². The molecule has 0 aromatic carbocycles. The highest BCUT2D eigenvalue weighted by Gasteiger charge is 2.24. The van der Waals surface area contributed by atoms with Crippen LogP contribution in [0.15, 0.2) is 29.3 Å². The van der Waals surface area contributed by atoms with Crippen molar-refractivity contribution in [2.75, 3.05) is 19.7 Å². The molecule has 7 nitrogen and oxygen atoms in total. The maximum Gasteiger partial charge on any atom is 0.256 e. The van der Waals surface area contributed by atoms with Crippen LogP contribution < -0.4 is 10.3 Å². The summed E-state index contributed by atoms with van der Waals surface area (Å²) in [6.45, 7) is 7.37. The molecule has 1 amide bonds. The van der Waals surface area contributed by atoms with Crippen molar-refractivity contribution < 1.29 is 9.53 Å². The Morgan fingerprint density at radius 3 is 2.89 bits per heavy atom. The highest BCUT2D eigenvalue weighted by atomic mass is 16.5. The Kier molecular flexibility index (Phi) is 5.88. The SMILES string of the molecule is Cc1cccc(OCC2CCCN(C(=O)Cn3cnc(C)c(C)c3=O)C2)n1. The molecule has 1 fully saturated rings. The number of rotatable bonds is 5. The molecule has 0 bridgehead atoms. The molecule has 0 saturated carbocycles. The molecule has 1 saturated heterocycles. The quantitative estimate of drug-likeness (QED) is 0.803. The number of piperidine rings is 1. The summed E-state index contributed by atoms with van der Waals surface area (Å²) < 4.78 is 7.20. The van der Waals surface area contributed by atoms with Crippen LogP contribution in [0.25, 0.3) is 0 Å². The van der Waals surface area contributed by atoms with E-state index in [-0.39, 0.29) is 23.9 Å². The lowest BCUT2D eigenvalue weighted by Crippen LogP contribution is -2.44. The number of carbonyl (C=O) groups is 1. The summed E-state index contributed by atoms with van der Waals surface area (Å²) in [5.74, 6) is 0.825. The van der Waals surface area contributed by atoms with Crippen molar-refractivity contribution in [1.29, 1.82) is 0 Å². The second-order valence-electron chi connectivity index (χ2n) is 7.16. The van der Waals surface area contributed by atoms with Gasteiger partial charge in [0.25, 0.3) is 5.56 Å². The summed E-state index contributed by atoms with van der Waals surface area (Å²) in [6.07, 6.45) is 3.40. The molecule has 27 heavy (non-hydrogen) atoms. The Labute approximate surface area is 159 Å². The summed E-state index contributed by atoms with van der Waals surface area (Å²) in [6, 6.07) is 5.69. The molecule has 1 aliphatic heterocycles. The average Bonchev–Trinajstić information content (AvgIpc) is 2.67. The number of carbonyl (C=O) groups excluding carboxylic acids is 1. The van der Waals surface area contributed by atoms with E-state index in [2.05, 4.69) is 9.97 Å². The lowest BCUT2D eigenvalue weighted by molar-refractivity contribution is -0.133. The Balaban J connectivity index is 1.58. The molecule has 2 aromatic rings. The molecule has 1 unspecified atom stereocenters. The summed E-state index contributed by atoms with van der Waals surface area (Å²) in [7, 11) is 0. The molecule has 0 spiro atoms. The van der Waals surface area contributed by atoms with Crippen molar-refractivity contribution in [2.24, 2.45) is 5.92 Å². The first-order valence-corrected chi connectivity index (χ1v) is 9.31. The van der Waals surface area contributed by atoms with Gasteiger partial charge in [-0.15, -0.1) is 0 Å². The Bertz CT molecular complexity index is 878. The second kappa shape index (κ2) is 8.33. The minimum Gasteiger partial charge on any atom is -0.477 e. The largest absolute Gasteiger partial charge is 0.477 e. The van der Waals surface area contributed by atoms with Gasteiger partial charge in [0.15, 0.2) is 0 Å². The van der Waals surface area contributed by atoms with Crippen LogP contribution in [0.3, 0.4) is 0 Å². The maximum absolute atomic E-state index is 12.7. The zero-order valence-corrected chi connectivity index (χ0v) is 16.1. The first kappa shape index (κ1) is 19.1. The standard InChI is InChI=1S/C20H26N4O3/c1-14-6-4-8-18(22-14)27-12-17-7-5-9-23(10-17)19(25)11-24-13-21-16(3)15(2)20(24)26/h4,6,8,13,17H,5,7,9-12H2,1-3H3. The number of aryl methyl sites for hydroxylation is 2. The van der Waals surface area contributed by atoms with Crippen molar-refractivity contribution in [1.82, 2.24) is 19.4 Å². The van der Waals surface area contributed by atoms with E-state index in [0.717, 1.165) is 18.5 Å². The van der Waals surface area contributed by atoms with Crippen LogP contribution in [0.5, 0.6) is 5.88 Å². The van der Waals surface area contributed by atoms with Gasteiger partial charge in [0.2, 0.25) is 11.8 Å². The number of nitrogens with zero attached hydrogens (tertiary/aromatic N) is 4. The summed E-state index contributed by atoms with van der Waals surface area (Å²) in [5, 5.41) is 0. The van der Waals surface area contributed by atoms with Crippen LogP contribution in [0.1, 0.15) is 29.8 Å². The van der Waals surface area contributed by atoms with Crippen LogP contribution in [-0.4, -0.2) is 45.0 Å². The zero-order chi connectivity index (χ0) is 19.4. The van der Waals surface area contributed by atoms with Crippen LogP contribution in [-0.2, 0) is 11.3 Å². The number of pyridine rings is 1. The number of aromatic nitrogens is 3. The van der Waals surface area contributed by atoms with Gasteiger partial charge in [-0.3, -0.25) is 14.2 Å². The van der Waals surface area contributed by atoms with E-state index >= 15 is 0 Å². The van der Waals surface area contributed by atoms with Gasteiger partial charge in [-0.05, 0) is 39.7 Å². The molecule has 2 aromatic heterocycles. The van der Waals surface area contributed by atoms with Gasteiger partial charge in [-0.1, -0.05) is 6.07 Å². The predicted octanol–water partition coefficient (Wildman–Crippen LogP) is 1.88. The number of amides is 1. The van der Waals surface area contributed by atoms with E-state index < -0.39 is 0 Å². The fraction of sp³-hybridized carbons (Fsp3) is 0.500. The molecule has 1 aliphatic rings. The lowest BCUT2D eigenvalue weighted by atomic mass is 9.99. The summed E-state index contributed by atoms with van der Waals surface area (Å²) >= 11 is 0. The van der Waals surface area contributed by atoms with Crippen LogP contribution in [0, 0.1) is 26.7 Å². The number of hydrogen-bond donors (Lipinski definition) is 0. The Morgan fingerprint density at radius 2 is 2.11 bits per heavy atom. The monoisotopic (exact) mass is 370 g/mol. The smallest absolute Gasteiger partial charge is 0.256 e. The zero-order valence-electron chi connectivity index (χ0n) is 16.1. The molecule has 0 N–H and O–H groups in total. The van der Waals surface area contributed by atoms with Gasteiger partial charge >= 0.3 is 0 Å². The van der Waals surface area contributed by atoms with E-state index in [9.17, 15) is 9.59 Å². The third kappa shape index (κ3) is 4.72. The van der Waals surface area contributed by atoms with Gasteiger partial charge in [0.1, 0.15) is 6.54 Å². The molecular weight excluding hydrogens is 344 g/mol. The minimum atomic E-state index is -0.154. The third-order valence-electron chi connectivity index (χ3n) is 5.02. The fourth-order valence-electron chi connectivity index (χ4n) is 3.26. The Morgan fingerprint density at radius 1 is 1.30 bits per heavy atom. The van der Waals surface area contributed by atoms with E-state index in [1.807, 2.05) is 30.0 Å². The third-order valence-corrected chi connectivity index (χ3v) is 5.02. The van der Waals surface area contributed by atoms with Gasteiger partial charge in [0, 0.05) is 42.0 Å². The highest BCUT2D eigenvalue weighted by molar-refractivity contribution is 5.76. The fourth-order valence-corrected chi connectivity index (χ4v) is 3.26. The van der Waals surface area contributed by atoms with Crippen LogP contribution in [0.2, 0.25) is 0 Å². The maximum atomic E-state index is 12.7.